The molecule has 2 N–H and O–H groups in total. The molecule has 4 nitrogen and oxygen atoms in total. The first kappa shape index (κ1) is 15.5. The van der Waals surface area contributed by atoms with Crippen LogP contribution in [0.2, 0.25) is 0 Å². The second kappa shape index (κ2) is 6.24. The molecule has 1 aliphatic rings. The SMILES string of the molecule is CC(C)c1cccc(S(=O)(=O)NC2CCC(O)CC2)c1. The smallest absolute Gasteiger partial charge is 0.240 e. The first-order valence-corrected chi connectivity index (χ1v) is 8.67. The van der Waals surface area contributed by atoms with Crippen molar-refractivity contribution >= 4 is 10.0 Å². The minimum Gasteiger partial charge on any atom is -0.393 e. The van der Waals surface area contributed by atoms with Crippen molar-refractivity contribution in [3.63, 3.8) is 0 Å². The zero-order chi connectivity index (χ0) is 14.8. The summed E-state index contributed by atoms with van der Waals surface area (Å²) in [5.41, 5.74) is 1.02. The lowest BCUT2D eigenvalue weighted by molar-refractivity contribution is 0.120. The van der Waals surface area contributed by atoms with Gasteiger partial charge in [0.15, 0.2) is 0 Å². The average molecular weight is 297 g/mol. The van der Waals surface area contributed by atoms with Crippen molar-refractivity contribution in [3.8, 4) is 0 Å². The Labute approximate surface area is 121 Å². The standard InChI is InChI=1S/C15H23NO3S/c1-11(2)12-4-3-5-15(10-12)20(18,19)16-13-6-8-14(17)9-7-13/h3-5,10-11,13-14,16-17H,6-9H2,1-2H3. The third-order valence-electron chi connectivity index (χ3n) is 3.85. The van der Waals surface area contributed by atoms with Crippen LogP contribution < -0.4 is 4.72 Å². The van der Waals surface area contributed by atoms with Crippen LogP contribution in [0.3, 0.4) is 0 Å². The number of nitrogens with one attached hydrogen (secondary N) is 1. The summed E-state index contributed by atoms with van der Waals surface area (Å²) in [7, 11) is -3.47. The van der Waals surface area contributed by atoms with Gasteiger partial charge in [0.1, 0.15) is 0 Å². The fraction of sp³-hybridized carbons (Fsp3) is 0.600. The van der Waals surface area contributed by atoms with Crippen LogP contribution in [0.4, 0.5) is 0 Å². The van der Waals surface area contributed by atoms with Crippen molar-refractivity contribution in [3.05, 3.63) is 29.8 Å². The predicted molar refractivity (Wildman–Crippen MR) is 79.1 cm³/mol. The molecular formula is C15H23NO3S. The molecule has 112 valence electrons. The van der Waals surface area contributed by atoms with Gasteiger partial charge in [0.05, 0.1) is 11.0 Å². The summed E-state index contributed by atoms with van der Waals surface area (Å²) in [6.45, 7) is 4.09. The van der Waals surface area contributed by atoms with Crippen molar-refractivity contribution in [1.29, 1.82) is 0 Å². The molecule has 0 saturated heterocycles. The lowest BCUT2D eigenvalue weighted by atomic mass is 9.94. The Bertz CT molecular complexity index is 546. The van der Waals surface area contributed by atoms with Gasteiger partial charge in [-0.2, -0.15) is 0 Å². The van der Waals surface area contributed by atoms with E-state index in [2.05, 4.69) is 4.72 Å². The highest BCUT2D eigenvalue weighted by molar-refractivity contribution is 7.89. The quantitative estimate of drug-likeness (QED) is 0.897. The van der Waals surface area contributed by atoms with E-state index in [1.165, 1.54) is 0 Å². The molecule has 0 spiro atoms. The zero-order valence-electron chi connectivity index (χ0n) is 12.0. The van der Waals surface area contributed by atoms with Crippen molar-refractivity contribution in [2.75, 3.05) is 0 Å². The zero-order valence-corrected chi connectivity index (χ0v) is 12.9. The number of hydrogen-bond acceptors (Lipinski definition) is 3. The van der Waals surface area contributed by atoms with Crippen LogP contribution >= 0.6 is 0 Å². The third kappa shape index (κ3) is 3.81. The van der Waals surface area contributed by atoms with E-state index in [9.17, 15) is 13.5 Å². The summed E-state index contributed by atoms with van der Waals surface area (Å²) in [6.07, 6.45) is 2.45. The number of benzene rings is 1. The van der Waals surface area contributed by atoms with E-state index in [1.807, 2.05) is 19.9 Å². The minimum atomic E-state index is -3.47. The average Bonchev–Trinajstić information content (AvgIpc) is 2.41. The highest BCUT2D eigenvalue weighted by Gasteiger charge is 2.24. The number of rotatable bonds is 4. The Hall–Kier alpha value is -0.910. The molecule has 0 amide bonds. The molecule has 1 fully saturated rings. The van der Waals surface area contributed by atoms with Gasteiger partial charge >= 0.3 is 0 Å². The van der Waals surface area contributed by atoms with E-state index < -0.39 is 10.0 Å². The molecular weight excluding hydrogens is 274 g/mol. The van der Waals surface area contributed by atoms with Crippen LogP contribution in [0.15, 0.2) is 29.2 Å². The summed E-state index contributed by atoms with van der Waals surface area (Å²) in [5, 5.41) is 9.46. The van der Waals surface area contributed by atoms with Crippen LogP contribution in [-0.4, -0.2) is 25.7 Å². The Morgan fingerprint density at radius 3 is 2.45 bits per heavy atom. The van der Waals surface area contributed by atoms with Crippen molar-refractivity contribution in [2.24, 2.45) is 0 Å². The van der Waals surface area contributed by atoms with Gasteiger partial charge in [-0.25, -0.2) is 13.1 Å². The third-order valence-corrected chi connectivity index (χ3v) is 5.37. The van der Waals surface area contributed by atoms with Gasteiger partial charge in [0, 0.05) is 6.04 Å². The molecule has 1 aromatic rings. The Kier molecular flexibility index (Phi) is 4.83. The Morgan fingerprint density at radius 2 is 1.85 bits per heavy atom. The second-order valence-electron chi connectivity index (χ2n) is 5.85. The molecule has 0 aromatic heterocycles. The molecule has 1 saturated carbocycles. The molecule has 1 aromatic carbocycles. The summed E-state index contributed by atoms with van der Waals surface area (Å²) < 4.78 is 27.5. The lowest BCUT2D eigenvalue weighted by Crippen LogP contribution is -2.38. The van der Waals surface area contributed by atoms with E-state index >= 15 is 0 Å². The number of aliphatic hydroxyl groups excluding tert-OH is 1. The van der Waals surface area contributed by atoms with Gasteiger partial charge in [0.2, 0.25) is 10.0 Å². The summed E-state index contributed by atoms with van der Waals surface area (Å²) in [5.74, 6) is 0.301. The highest BCUT2D eigenvalue weighted by Crippen LogP contribution is 2.22. The molecule has 0 heterocycles. The minimum absolute atomic E-state index is 0.0638. The maximum atomic E-state index is 12.4. The Morgan fingerprint density at radius 1 is 1.20 bits per heavy atom. The molecule has 1 aliphatic carbocycles. The van der Waals surface area contributed by atoms with E-state index in [-0.39, 0.29) is 12.1 Å². The predicted octanol–water partition coefficient (Wildman–Crippen LogP) is 2.39. The molecule has 0 unspecified atom stereocenters. The fourth-order valence-electron chi connectivity index (χ4n) is 2.52. The molecule has 2 rings (SSSR count). The number of aliphatic hydroxyl groups is 1. The second-order valence-corrected chi connectivity index (χ2v) is 7.57. The summed E-state index contributed by atoms with van der Waals surface area (Å²) in [4.78, 5) is 0.329. The molecule has 0 atom stereocenters. The Balaban J connectivity index is 2.12. The molecule has 20 heavy (non-hydrogen) atoms. The van der Waals surface area contributed by atoms with Crippen LogP contribution in [0.5, 0.6) is 0 Å². The van der Waals surface area contributed by atoms with Gasteiger partial charge in [-0.3, -0.25) is 0 Å². The van der Waals surface area contributed by atoms with E-state index in [0.29, 0.717) is 36.5 Å². The fourth-order valence-corrected chi connectivity index (χ4v) is 3.88. The lowest BCUT2D eigenvalue weighted by Gasteiger charge is -2.26. The van der Waals surface area contributed by atoms with Crippen LogP contribution in [0.1, 0.15) is 51.0 Å². The maximum Gasteiger partial charge on any atom is 0.240 e. The highest BCUT2D eigenvalue weighted by atomic mass is 32.2. The van der Waals surface area contributed by atoms with Crippen molar-refractivity contribution < 1.29 is 13.5 Å². The van der Waals surface area contributed by atoms with Crippen molar-refractivity contribution in [2.45, 2.75) is 62.5 Å². The number of hydrogen-bond donors (Lipinski definition) is 2. The molecule has 0 bridgehead atoms. The van der Waals surface area contributed by atoms with Gasteiger partial charge in [-0.1, -0.05) is 26.0 Å². The van der Waals surface area contributed by atoms with Crippen LogP contribution in [0.25, 0.3) is 0 Å². The summed E-state index contributed by atoms with van der Waals surface area (Å²) >= 11 is 0. The first-order valence-electron chi connectivity index (χ1n) is 7.19. The van der Waals surface area contributed by atoms with E-state index in [0.717, 1.165) is 5.56 Å². The van der Waals surface area contributed by atoms with E-state index in [4.69, 9.17) is 0 Å². The van der Waals surface area contributed by atoms with Gasteiger partial charge in [0.25, 0.3) is 0 Å². The topological polar surface area (TPSA) is 66.4 Å². The monoisotopic (exact) mass is 297 g/mol. The molecule has 0 radical (unpaired) electrons. The maximum absolute atomic E-state index is 12.4. The van der Waals surface area contributed by atoms with E-state index in [1.54, 1.807) is 18.2 Å². The first-order chi connectivity index (χ1) is 9.38. The summed E-state index contributed by atoms with van der Waals surface area (Å²) in [6, 6.07) is 7.04. The number of sulfonamides is 1. The van der Waals surface area contributed by atoms with Crippen LogP contribution in [-0.2, 0) is 10.0 Å². The molecule has 5 heteroatoms. The van der Waals surface area contributed by atoms with Gasteiger partial charge < -0.3 is 5.11 Å². The molecule has 0 aliphatic heterocycles. The van der Waals surface area contributed by atoms with Gasteiger partial charge in [-0.05, 0) is 49.3 Å². The van der Waals surface area contributed by atoms with Crippen molar-refractivity contribution in [1.82, 2.24) is 4.72 Å². The van der Waals surface area contributed by atoms with Crippen LogP contribution in [0, 0.1) is 0 Å². The normalized spacial score (nSPS) is 24.0. The largest absolute Gasteiger partial charge is 0.393 e. The van der Waals surface area contributed by atoms with Gasteiger partial charge in [-0.15, -0.1) is 0 Å².